The number of aromatic nitrogens is 1. The molecule has 4 aliphatic heterocycles. The van der Waals surface area contributed by atoms with Crippen molar-refractivity contribution >= 4 is 48.3 Å². The summed E-state index contributed by atoms with van der Waals surface area (Å²) in [6.45, 7) is -0.251. The molecule has 2 N–H and O–H groups in total. The summed E-state index contributed by atoms with van der Waals surface area (Å²) in [5.74, 6) is -2.48. The van der Waals surface area contributed by atoms with Gasteiger partial charge in [-0.3, -0.25) is 34.2 Å². The first-order valence-electron chi connectivity index (χ1n) is 14.3. The number of allylic oxidation sites excluding steroid dienone is 2. The number of imide groups is 2. The number of piperidine rings is 1. The highest BCUT2D eigenvalue weighted by atomic mass is 19.2. The minimum absolute atomic E-state index is 0.0501. The van der Waals surface area contributed by atoms with E-state index in [1.54, 1.807) is 49.4 Å². The molecule has 5 amide bonds. The molecule has 43 heavy (non-hydrogen) atoms. The van der Waals surface area contributed by atoms with Crippen molar-refractivity contribution in [3.05, 3.63) is 75.8 Å². The van der Waals surface area contributed by atoms with Crippen LogP contribution in [0.5, 0.6) is 0 Å². The average Bonchev–Trinajstić information content (AvgIpc) is 3.58. The van der Waals surface area contributed by atoms with Gasteiger partial charge in [0.2, 0.25) is 17.7 Å². The van der Waals surface area contributed by atoms with Crippen LogP contribution in [0.2, 0.25) is 0 Å². The molecular weight excluding hydrogens is 559 g/mol. The van der Waals surface area contributed by atoms with E-state index in [9.17, 15) is 24.0 Å². The van der Waals surface area contributed by atoms with Crippen molar-refractivity contribution in [3.63, 3.8) is 0 Å². The van der Waals surface area contributed by atoms with Crippen LogP contribution in [0.4, 0.5) is 8.63 Å². The summed E-state index contributed by atoms with van der Waals surface area (Å²) in [4.78, 5) is 63.1. The second-order valence-corrected chi connectivity index (χ2v) is 11.4. The number of hydrogen-bond donors (Lipinski definition) is 2. The van der Waals surface area contributed by atoms with Crippen LogP contribution in [-0.2, 0) is 20.8 Å². The highest BCUT2D eigenvalue weighted by Gasteiger charge is 2.52. The molecule has 13 heteroatoms. The zero-order valence-electron chi connectivity index (χ0n) is 23.8. The fourth-order valence-corrected chi connectivity index (χ4v) is 6.42. The third kappa shape index (κ3) is 4.82. The second kappa shape index (κ2) is 10.5. The number of halogens is 2. The molecule has 1 fully saturated rings. The van der Waals surface area contributed by atoms with E-state index < -0.39 is 36.6 Å². The molecule has 6 rings (SSSR count). The summed E-state index contributed by atoms with van der Waals surface area (Å²) in [5.41, 5.74) is 3.81. The Bertz CT molecular complexity index is 1720. The van der Waals surface area contributed by atoms with Crippen molar-refractivity contribution in [1.82, 2.24) is 20.0 Å². The van der Waals surface area contributed by atoms with Gasteiger partial charge < -0.3 is 22.9 Å². The van der Waals surface area contributed by atoms with Gasteiger partial charge in [0.05, 0.1) is 11.1 Å². The van der Waals surface area contributed by atoms with Crippen LogP contribution in [0.1, 0.15) is 75.3 Å². The fourth-order valence-electron chi connectivity index (χ4n) is 6.42. The Morgan fingerprint density at radius 1 is 1.07 bits per heavy atom. The predicted molar refractivity (Wildman–Crippen MR) is 153 cm³/mol. The smallest absolute Gasteiger partial charge is 0.394 e. The summed E-state index contributed by atoms with van der Waals surface area (Å²) in [7, 11) is 0. The van der Waals surface area contributed by atoms with Crippen LogP contribution < -0.4 is 10.6 Å². The number of benzene rings is 1. The Morgan fingerprint density at radius 3 is 2.60 bits per heavy atom. The molecule has 0 saturated carbocycles. The van der Waals surface area contributed by atoms with Crippen molar-refractivity contribution in [2.75, 3.05) is 6.54 Å². The zero-order valence-corrected chi connectivity index (χ0v) is 23.8. The third-order valence-electron chi connectivity index (χ3n) is 8.49. The fraction of sp³-hybridized carbons (Fsp3) is 0.333. The first-order chi connectivity index (χ1) is 20.5. The Labute approximate surface area is 246 Å². The van der Waals surface area contributed by atoms with Gasteiger partial charge in [0.1, 0.15) is 11.8 Å². The van der Waals surface area contributed by atoms with Gasteiger partial charge in [-0.25, -0.2) is 0 Å². The number of carbonyl (C=O) groups excluding carboxylic acids is 5. The van der Waals surface area contributed by atoms with Gasteiger partial charge in [-0.1, -0.05) is 6.07 Å². The number of nitrogens with one attached hydrogen (secondary N) is 2. The summed E-state index contributed by atoms with van der Waals surface area (Å²) in [5, 5.41) is 5.00. The molecule has 10 nitrogen and oxygen atoms in total. The summed E-state index contributed by atoms with van der Waals surface area (Å²) < 4.78 is 33.3. The number of hydrogen-bond acceptors (Lipinski definition) is 5. The molecule has 1 atom stereocenters. The highest BCUT2D eigenvalue weighted by molar-refractivity contribution is 6.58. The normalized spacial score (nSPS) is 20.2. The molecule has 5 heterocycles. The Balaban J connectivity index is 1.02. The van der Waals surface area contributed by atoms with Gasteiger partial charge in [0.25, 0.3) is 11.8 Å². The predicted octanol–water partition coefficient (Wildman–Crippen LogP) is 2.64. The van der Waals surface area contributed by atoms with E-state index in [0.29, 0.717) is 42.2 Å². The lowest BCUT2D eigenvalue weighted by Gasteiger charge is -2.30. The first kappa shape index (κ1) is 28.4. The van der Waals surface area contributed by atoms with Gasteiger partial charge >= 0.3 is 6.97 Å². The number of nitrogens with zero attached hydrogens (tertiary/aromatic N) is 3. The molecule has 222 valence electrons. The average molecular weight is 589 g/mol. The van der Waals surface area contributed by atoms with Crippen LogP contribution in [0.3, 0.4) is 0 Å². The lowest BCUT2D eigenvalue weighted by atomic mass is 9.90. The summed E-state index contributed by atoms with van der Waals surface area (Å²) in [6.07, 6.45) is 6.48. The number of fused-ring (bicyclic) bond motifs is 3. The van der Waals surface area contributed by atoms with E-state index in [2.05, 4.69) is 10.6 Å². The van der Waals surface area contributed by atoms with E-state index >= 15 is 8.63 Å². The molecule has 1 aromatic carbocycles. The maximum atomic E-state index is 15.6. The number of carbonyl (C=O) groups is 5. The van der Waals surface area contributed by atoms with Crippen LogP contribution in [-0.4, -0.2) is 68.7 Å². The van der Waals surface area contributed by atoms with Gasteiger partial charge in [-0.15, -0.1) is 0 Å². The van der Waals surface area contributed by atoms with E-state index in [1.165, 1.54) is 0 Å². The largest absolute Gasteiger partial charge is 0.737 e. The van der Waals surface area contributed by atoms with Gasteiger partial charge in [0.15, 0.2) is 5.70 Å². The van der Waals surface area contributed by atoms with Crippen LogP contribution in [0.25, 0.3) is 6.08 Å². The van der Waals surface area contributed by atoms with E-state index in [4.69, 9.17) is 0 Å². The van der Waals surface area contributed by atoms with Crippen molar-refractivity contribution in [3.8, 4) is 0 Å². The van der Waals surface area contributed by atoms with Crippen molar-refractivity contribution < 1.29 is 37.1 Å². The molecule has 1 saturated heterocycles. The Hall–Kier alpha value is -4.68. The molecule has 0 aliphatic carbocycles. The molecule has 2 aromatic rings. The van der Waals surface area contributed by atoms with E-state index in [0.717, 1.165) is 25.0 Å². The van der Waals surface area contributed by atoms with Gasteiger partial charge in [0, 0.05) is 49.7 Å². The summed E-state index contributed by atoms with van der Waals surface area (Å²) in [6, 6.07) is 5.64. The van der Waals surface area contributed by atoms with Crippen molar-refractivity contribution in [2.24, 2.45) is 0 Å². The molecular formula is C30H30BF2N5O5. The molecule has 0 bridgehead atoms. The van der Waals surface area contributed by atoms with E-state index in [1.807, 2.05) is 6.92 Å². The number of amides is 5. The maximum Gasteiger partial charge on any atom is 0.737 e. The first-order valence-corrected chi connectivity index (χ1v) is 14.3. The minimum atomic E-state index is -4.07. The highest BCUT2D eigenvalue weighted by Crippen LogP contribution is 2.34. The van der Waals surface area contributed by atoms with Crippen LogP contribution in [0.15, 0.2) is 42.1 Å². The standard InChI is InChI=1S/C30H30BF2N5O5/c1-17-14-18(2)37-25(17)16-21-7-6-20(38(21)31(37,32)33)8-11-26(39)34-13-3-4-19-5-9-22-23(15-19)30(43)36(29(22)42)24-10-12-27(40)35-28(24)41/h5-7,9,14-16,24H,3-4,8,10-13H2,1-2H3,(H,34,39)(H,35,40,41). The third-order valence-corrected chi connectivity index (χ3v) is 8.49. The number of rotatable bonds is 8. The second-order valence-electron chi connectivity index (χ2n) is 11.4. The zero-order chi connectivity index (χ0) is 30.6. The maximum absolute atomic E-state index is 15.6. The summed E-state index contributed by atoms with van der Waals surface area (Å²) >= 11 is 0. The lowest BCUT2D eigenvalue weighted by molar-refractivity contribution is -0.362. The Kier molecular flexibility index (Phi) is 6.98. The molecule has 0 radical (unpaired) electrons. The van der Waals surface area contributed by atoms with Crippen LogP contribution >= 0.6 is 0 Å². The Morgan fingerprint density at radius 2 is 1.84 bits per heavy atom. The lowest BCUT2D eigenvalue weighted by Crippen LogP contribution is -2.54. The molecule has 1 aromatic heterocycles. The minimum Gasteiger partial charge on any atom is -0.394 e. The van der Waals surface area contributed by atoms with Crippen molar-refractivity contribution in [2.45, 2.75) is 58.4 Å². The number of aryl methyl sites for hydroxylation is 3. The molecule has 4 aliphatic rings. The molecule has 1 unspecified atom stereocenters. The topological polar surface area (TPSA) is 121 Å². The van der Waals surface area contributed by atoms with Gasteiger partial charge in [-0.05, 0) is 68.1 Å². The molecule has 0 spiro atoms. The van der Waals surface area contributed by atoms with Crippen molar-refractivity contribution in [1.29, 1.82) is 0 Å². The SMILES string of the molecule is Cc1cc(C)n2c1C=C1C=CC(CCC(=O)NCCCc3ccc4c(c3)C(=O)N(C3CCC(=O)NC3=O)C4=O)=[N+]1[B-]2(F)F. The van der Waals surface area contributed by atoms with E-state index in [-0.39, 0.29) is 42.7 Å². The quantitative estimate of drug-likeness (QED) is 0.279. The monoisotopic (exact) mass is 589 g/mol. The van der Waals surface area contributed by atoms with Gasteiger partial charge in [-0.2, -0.15) is 0 Å². The van der Waals surface area contributed by atoms with Crippen LogP contribution in [0, 0.1) is 13.8 Å².